The van der Waals surface area contributed by atoms with E-state index in [0.717, 1.165) is 25.1 Å². The minimum atomic E-state index is -0.400. The predicted molar refractivity (Wildman–Crippen MR) is 60.4 cm³/mol. The van der Waals surface area contributed by atoms with Crippen molar-refractivity contribution in [3.05, 3.63) is 30.3 Å². The van der Waals surface area contributed by atoms with Gasteiger partial charge in [0.1, 0.15) is 0 Å². The molecule has 1 saturated heterocycles. The molecule has 0 aromatic heterocycles. The van der Waals surface area contributed by atoms with E-state index in [1.54, 1.807) is 0 Å². The van der Waals surface area contributed by atoms with E-state index >= 15 is 0 Å². The number of carbonyl (C=O) groups excluding carboxylic acids is 1. The molecule has 1 N–H and O–H groups in total. The largest absolute Gasteiger partial charge is 0.449 e. The van der Waals surface area contributed by atoms with Crippen molar-refractivity contribution in [2.24, 2.45) is 0 Å². The minimum Gasteiger partial charge on any atom is -0.449 e. The van der Waals surface area contributed by atoms with E-state index in [2.05, 4.69) is 5.32 Å². The molecule has 4 nitrogen and oxygen atoms in total. The van der Waals surface area contributed by atoms with E-state index in [1.165, 1.54) is 0 Å². The Morgan fingerprint density at radius 2 is 2.19 bits per heavy atom. The zero-order chi connectivity index (χ0) is 11.2. The molecule has 1 fully saturated rings. The molecule has 1 aromatic rings. The minimum absolute atomic E-state index is 0.400. The highest BCUT2D eigenvalue weighted by molar-refractivity contribution is 5.84. The highest BCUT2D eigenvalue weighted by Crippen LogP contribution is 2.15. The van der Waals surface area contributed by atoms with Gasteiger partial charge in [0.25, 0.3) is 0 Å². The van der Waals surface area contributed by atoms with Crippen molar-refractivity contribution >= 4 is 11.8 Å². The molecular formula is C12H15NO3. The first kappa shape index (κ1) is 11.0. The number of rotatable bonds is 5. The molecule has 1 heterocycles. The standard InChI is InChI=1S/C12H15NO3/c14-12(13-10-5-2-1-3-6-10)15-8-4-7-11-9-16-11/h1-3,5-6,11H,4,7-9H2,(H,13,14). The van der Waals surface area contributed by atoms with Crippen LogP contribution in [-0.4, -0.2) is 25.4 Å². The number of para-hydroxylation sites is 1. The van der Waals surface area contributed by atoms with E-state index < -0.39 is 6.09 Å². The quantitative estimate of drug-likeness (QED) is 0.613. The molecule has 1 amide bonds. The fourth-order valence-electron chi connectivity index (χ4n) is 1.39. The van der Waals surface area contributed by atoms with Gasteiger partial charge >= 0.3 is 6.09 Å². The van der Waals surface area contributed by atoms with Crippen LogP contribution in [0.4, 0.5) is 10.5 Å². The molecule has 1 aliphatic rings. The molecule has 4 heteroatoms. The molecule has 0 bridgehead atoms. The molecular weight excluding hydrogens is 206 g/mol. The van der Waals surface area contributed by atoms with Gasteiger partial charge in [-0.25, -0.2) is 4.79 Å². The van der Waals surface area contributed by atoms with Crippen LogP contribution >= 0.6 is 0 Å². The predicted octanol–water partition coefficient (Wildman–Crippen LogP) is 2.41. The van der Waals surface area contributed by atoms with Gasteiger partial charge in [-0.2, -0.15) is 0 Å². The molecule has 0 spiro atoms. The first-order valence-electron chi connectivity index (χ1n) is 5.45. The lowest BCUT2D eigenvalue weighted by Gasteiger charge is -2.05. The summed E-state index contributed by atoms with van der Waals surface area (Å²) in [6.07, 6.45) is 1.83. The van der Waals surface area contributed by atoms with Crippen LogP contribution in [0.25, 0.3) is 0 Å². The second-order valence-corrected chi connectivity index (χ2v) is 3.72. The summed E-state index contributed by atoms with van der Waals surface area (Å²) < 4.78 is 10.1. The van der Waals surface area contributed by atoms with Gasteiger partial charge in [0.2, 0.25) is 0 Å². The molecule has 2 rings (SSSR count). The summed E-state index contributed by atoms with van der Waals surface area (Å²) in [5.74, 6) is 0. The summed E-state index contributed by atoms with van der Waals surface area (Å²) in [5, 5.41) is 2.65. The van der Waals surface area contributed by atoms with E-state index in [9.17, 15) is 4.79 Å². The van der Waals surface area contributed by atoms with Gasteiger partial charge in [0.05, 0.1) is 19.3 Å². The lowest BCUT2D eigenvalue weighted by molar-refractivity contribution is 0.158. The smallest absolute Gasteiger partial charge is 0.411 e. The summed E-state index contributed by atoms with van der Waals surface area (Å²) in [6, 6.07) is 9.25. The maximum atomic E-state index is 11.3. The lowest BCUT2D eigenvalue weighted by Crippen LogP contribution is -2.14. The number of anilines is 1. The number of ether oxygens (including phenoxy) is 2. The van der Waals surface area contributed by atoms with Crippen LogP contribution in [-0.2, 0) is 9.47 Å². The normalized spacial score (nSPS) is 17.9. The van der Waals surface area contributed by atoms with Gasteiger partial charge in [-0.3, -0.25) is 5.32 Å². The molecule has 1 unspecified atom stereocenters. The van der Waals surface area contributed by atoms with E-state index in [1.807, 2.05) is 30.3 Å². The molecule has 86 valence electrons. The summed E-state index contributed by atoms with van der Waals surface area (Å²) in [7, 11) is 0. The third kappa shape index (κ3) is 3.90. The average Bonchev–Trinajstić information content (AvgIpc) is 3.10. The molecule has 0 radical (unpaired) electrons. The average molecular weight is 221 g/mol. The molecule has 16 heavy (non-hydrogen) atoms. The Kier molecular flexibility index (Phi) is 3.77. The number of benzene rings is 1. The summed E-state index contributed by atoms with van der Waals surface area (Å²) in [4.78, 5) is 11.3. The number of nitrogens with one attached hydrogen (secondary N) is 1. The fraction of sp³-hybridized carbons (Fsp3) is 0.417. The maximum absolute atomic E-state index is 11.3. The third-order valence-electron chi connectivity index (χ3n) is 2.33. The number of carbonyl (C=O) groups is 1. The van der Waals surface area contributed by atoms with Crippen molar-refractivity contribution in [2.75, 3.05) is 18.5 Å². The Balaban J connectivity index is 1.60. The third-order valence-corrected chi connectivity index (χ3v) is 2.33. The molecule has 1 aromatic carbocycles. The molecule has 0 aliphatic carbocycles. The topological polar surface area (TPSA) is 50.9 Å². The SMILES string of the molecule is O=C(Nc1ccccc1)OCCCC1CO1. The molecule has 1 aliphatic heterocycles. The van der Waals surface area contributed by atoms with Gasteiger partial charge in [0, 0.05) is 5.69 Å². The van der Waals surface area contributed by atoms with Crippen LogP contribution in [0.3, 0.4) is 0 Å². The van der Waals surface area contributed by atoms with Gasteiger partial charge in [0.15, 0.2) is 0 Å². The Hall–Kier alpha value is -1.55. The number of epoxide rings is 1. The second-order valence-electron chi connectivity index (χ2n) is 3.72. The van der Waals surface area contributed by atoms with Crippen molar-refractivity contribution in [1.29, 1.82) is 0 Å². The van der Waals surface area contributed by atoms with Crippen molar-refractivity contribution in [3.63, 3.8) is 0 Å². The first-order chi connectivity index (χ1) is 7.84. The number of amides is 1. The van der Waals surface area contributed by atoms with Crippen LogP contribution < -0.4 is 5.32 Å². The second kappa shape index (κ2) is 5.51. The maximum Gasteiger partial charge on any atom is 0.411 e. The number of hydrogen-bond acceptors (Lipinski definition) is 3. The zero-order valence-corrected chi connectivity index (χ0v) is 9.02. The van der Waals surface area contributed by atoms with Gasteiger partial charge < -0.3 is 9.47 Å². The van der Waals surface area contributed by atoms with Crippen LogP contribution in [0, 0.1) is 0 Å². The van der Waals surface area contributed by atoms with Gasteiger partial charge in [-0.15, -0.1) is 0 Å². The van der Waals surface area contributed by atoms with Crippen molar-refractivity contribution in [1.82, 2.24) is 0 Å². The summed E-state index contributed by atoms with van der Waals surface area (Å²) >= 11 is 0. The fourth-order valence-corrected chi connectivity index (χ4v) is 1.39. The molecule has 0 saturated carbocycles. The van der Waals surface area contributed by atoms with Crippen LogP contribution in [0.5, 0.6) is 0 Å². The number of hydrogen-bond donors (Lipinski definition) is 1. The molecule has 1 atom stereocenters. The zero-order valence-electron chi connectivity index (χ0n) is 9.02. The highest BCUT2D eigenvalue weighted by atomic mass is 16.6. The van der Waals surface area contributed by atoms with Crippen LogP contribution in [0.2, 0.25) is 0 Å². The first-order valence-corrected chi connectivity index (χ1v) is 5.45. The van der Waals surface area contributed by atoms with Gasteiger partial charge in [-0.1, -0.05) is 18.2 Å². The highest BCUT2D eigenvalue weighted by Gasteiger charge is 2.21. The Morgan fingerprint density at radius 3 is 2.88 bits per heavy atom. The summed E-state index contributed by atoms with van der Waals surface area (Å²) in [6.45, 7) is 1.30. The Morgan fingerprint density at radius 1 is 1.44 bits per heavy atom. The van der Waals surface area contributed by atoms with E-state index in [4.69, 9.17) is 9.47 Å². The monoisotopic (exact) mass is 221 g/mol. The van der Waals surface area contributed by atoms with E-state index in [-0.39, 0.29) is 0 Å². The van der Waals surface area contributed by atoms with Crippen LogP contribution in [0.1, 0.15) is 12.8 Å². The lowest BCUT2D eigenvalue weighted by atomic mass is 10.3. The van der Waals surface area contributed by atoms with Crippen molar-refractivity contribution in [2.45, 2.75) is 18.9 Å². The Bertz CT molecular complexity index is 335. The van der Waals surface area contributed by atoms with Crippen LogP contribution in [0.15, 0.2) is 30.3 Å². The van der Waals surface area contributed by atoms with Crippen molar-refractivity contribution < 1.29 is 14.3 Å². The Labute approximate surface area is 94.6 Å². The van der Waals surface area contributed by atoms with E-state index in [0.29, 0.717) is 12.7 Å². The summed E-state index contributed by atoms with van der Waals surface area (Å²) in [5.41, 5.74) is 0.748. The van der Waals surface area contributed by atoms with Crippen molar-refractivity contribution in [3.8, 4) is 0 Å². The van der Waals surface area contributed by atoms with Gasteiger partial charge in [-0.05, 0) is 25.0 Å².